The number of hydrogen-bond acceptors (Lipinski definition) is 3. The Bertz CT molecular complexity index is 417. The van der Waals surface area contributed by atoms with Gasteiger partial charge >= 0.3 is 0 Å². The quantitative estimate of drug-likeness (QED) is 0.769. The molecule has 0 amide bonds. The van der Waals surface area contributed by atoms with Crippen molar-refractivity contribution in [3.05, 3.63) is 29.6 Å². The number of hydrogen-bond donors (Lipinski definition) is 2. The third kappa shape index (κ3) is 5.47. The maximum atomic E-state index is 13.6. The number of halogens is 1. The van der Waals surface area contributed by atoms with Crippen LogP contribution in [-0.4, -0.2) is 23.4 Å². The summed E-state index contributed by atoms with van der Waals surface area (Å²) in [6.07, 6.45) is 1.22. The number of nitrogens with one attached hydrogen (secondary N) is 1. The molecule has 0 bridgehead atoms. The molecule has 3 nitrogen and oxygen atoms in total. The van der Waals surface area contributed by atoms with Crippen molar-refractivity contribution in [2.45, 2.75) is 58.7 Å². The minimum atomic E-state index is -0.845. The second-order valence-corrected chi connectivity index (χ2v) is 5.55. The normalized spacial score (nSPS) is 11.9. The van der Waals surface area contributed by atoms with Gasteiger partial charge in [0.25, 0.3) is 0 Å². The summed E-state index contributed by atoms with van der Waals surface area (Å²) in [5, 5.41) is 13.4. The molecule has 0 saturated heterocycles. The molecule has 20 heavy (non-hydrogen) atoms. The lowest BCUT2D eigenvalue weighted by atomic mass is 9.99. The summed E-state index contributed by atoms with van der Waals surface area (Å²) in [6, 6.07) is 5.00. The second kappa shape index (κ2) is 7.60. The Morgan fingerprint density at radius 2 is 1.90 bits per heavy atom. The van der Waals surface area contributed by atoms with Gasteiger partial charge in [0.1, 0.15) is 18.2 Å². The van der Waals surface area contributed by atoms with Crippen molar-refractivity contribution in [2.75, 3.05) is 6.61 Å². The first kappa shape index (κ1) is 16.9. The van der Waals surface area contributed by atoms with Crippen LogP contribution < -0.4 is 10.1 Å². The van der Waals surface area contributed by atoms with E-state index >= 15 is 0 Å². The molecule has 2 N–H and O–H groups in total. The van der Waals surface area contributed by atoms with Crippen LogP contribution in [0.15, 0.2) is 18.2 Å². The van der Waals surface area contributed by atoms with E-state index in [1.54, 1.807) is 0 Å². The van der Waals surface area contributed by atoms with Gasteiger partial charge in [-0.25, -0.2) is 4.39 Å². The predicted octanol–water partition coefficient (Wildman–Crippen LogP) is 3.25. The average molecular weight is 283 g/mol. The van der Waals surface area contributed by atoms with Crippen LogP contribution in [0.1, 0.15) is 46.1 Å². The Labute approximate surface area is 121 Å². The van der Waals surface area contributed by atoms with Crippen molar-refractivity contribution in [1.29, 1.82) is 0 Å². The molecule has 0 heterocycles. The molecule has 0 fully saturated rings. The summed E-state index contributed by atoms with van der Waals surface area (Å²) in [4.78, 5) is 0. The van der Waals surface area contributed by atoms with E-state index in [-0.39, 0.29) is 12.4 Å². The highest BCUT2D eigenvalue weighted by atomic mass is 19.1. The molecule has 4 heteroatoms. The highest BCUT2D eigenvalue weighted by Gasteiger charge is 2.23. The number of ether oxygens (including phenoxy) is 1. The van der Waals surface area contributed by atoms with E-state index in [9.17, 15) is 9.50 Å². The molecule has 0 atom stereocenters. The summed E-state index contributed by atoms with van der Waals surface area (Å²) >= 11 is 0. The highest BCUT2D eigenvalue weighted by Crippen LogP contribution is 2.20. The largest absolute Gasteiger partial charge is 0.490 e. The summed E-state index contributed by atoms with van der Waals surface area (Å²) in [5.74, 6) is 0.144. The molecule has 1 aromatic rings. The molecular weight excluding hydrogens is 257 g/mol. The van der Waals surface area contributed by atoms with Crippen LogP contribution >= 0.6 is 0 Å². The minimum Gasteiger partial charge on any atom is -0.490 e. The standard InChI is InChI=1S/C16H26FNO2/c1-5-16(19,6-2)11-20-15-8-13(7-14(17)9-15)10-18-12(3)4/h7-9,12,18-19H,5-6,10-11H2,1-4H3. The molecule has 114 valence electrons. The van der Waals surface area contributed by atoms with Gasteiger partial charge in [-0.15, -0.1) is 0 Å². The van der Waals surface area contributed by atoms with E-state index in [1.807, 2.05) is 33.8 Å². The van der Waals surface area contributed by atoms with Crippen molar-refractivity contribution in [3.63, 3.8) is 0 Å². The topological polar surface area (TPSA) is 41.5 Å². The zero-order valence-electron chi connectivity index (χ0n) is 12.9. The molecule has 0 aliphatic rings. The third-order valence-electron chi connectivity index (χ3n) is 3.47. The van der Waals surface area contributed by atoms with Crippen molar-refractivity contribution in [3.8, 4) is 5.75 Å². The first-order valence-electron chi connectivity index (χ1n) is 7.26. The fourth-order valence-corrected chi connectivity index (χ4v) is 1.80. The van der Waals surface area contributed by atoms with Gasteiger partial charge in [0.2, 0.25) is 0 Å². The van der Waals surface area contributed by atoms with Crippen LogP contribution in [0.5, 0.6) is 5.75 Å². The van der Waals surface area contributed by atoms with Crippen molar-refractivity contribution in [1.82, 2.24) is 5.32 Å². The molecule has 0 spiro atoms. The Morgan fingerprint density at radius 1 is 1.25 bits per heavy atom. The lowest BCUT2D eigenvalue weighted by Gasteiger charge is -2.25. The average Bonchev–Trinajstić information content (AvgIpc) is 2.42. The monoisotopic (exact) mass is 283 g/mol. The second-order valence-electron chi connectivity index (χ2n) is 5.55. The fourth-order valence-electron chi connectivity index (χ4n) is 1.80. The Balaban J connectivity index is 2.70. The highest BCUT2D eigenvalue weighted by molar-refractivity contribution is 5.29. The fraction of sp³-hybridized carbons (Fsp3) is 0.625. The molecule has 0 saturated carbocycles. The Kier molecular flexibility index (Phi) is 6.43. The van der Waals surface area contributed by atoms with Gasteiger partial charge in [-0.2, -0.15) is 0 Å². The van der Waals surface area contributed by atoms with E-state index in [2.05, 4.69) is 5.32 Å². The molecule has 0 aliphatic heterocycles. The maximum absolute atomic E-state index is 13.6. The van der Waals surface area contributed by atoms with E-state index in [0.29, 0.717) is 31.2 Å². The van der Waals surface area contributed by atoms with Gasteiger partial charge in [-0.3, -0.25) is 0 Å². The predicted molar refractivity (Wildman–Crippen MR) is 79.4 cm³/mol. The van der Waals surface area contributed by atoms with Gasteiger partial charge in [0, 0.05) is 18.7 Å². The van der Waals surface area contributed by atoms with E-state index in [4.69, 9.17) is 4.74 Å². The van der Waals surface area contributed by atoms with Crippen LogP contribution in [0.2, 0.25) is 0 Å². The molecule has 1 aromatic carbocycles. The SMILES string of the molecule is CCC(O)(CC)COc1cc(F)cc(CNC(C)C)c1. The summed E-state index contributed by atoms with van der Waals surface area (Å²) in [6.45, 7) is 8.68. The van der Waals surface area contributed by atoms with Crippen LogP contribution in [0.25, 0.3) is 0 Å². The van der Waals surface area contributed by atoms with E-state index in [0.717, 1.165) is 5.56 Å². The molecule has 0 radical (unpaired) electrons. The number of aliphatic hydroxyl groups is 1. The summed E-state index contributed by atoms with van der Waals surface area (Å²) < 4.78 is 19.1. The summed E-state index contributed by atoms with van der Waals surface area (Å²) in [5.41, 5.74) is -0.00640. The van der Waals surface area contributed by atoms with Crippen molar-refractivity contribution in [2.24, 2.45) is 0 Å². The van der Waals surface area contributed by atoms with Gasteiger partial charge < -0.3 is 15.2 Å². The van der Waals surface area contributed by atoms with E-state index < -0.39 is 5.60 Å². The maximum Gasteiger partial charge on any atom is 0.127 e. The first-order chi connectivity index (χ1) is 9.38. The minimum absolute atomic E-state index is 0.181. The third-order valence-corrected chi connectivity index (χ3v) is 3.47. The van der Waals surface area contributed by atoms with Crippen molar-refractivity contribution >= 4 is 0 Å². The lowest BCUT2D eigenvalue weighted by Crippen LogP contribution is -2.34. The number of benzene rings is 1. The van der Waals surface area contributed by atoms with Crippen LogP contribution in [0, 0.1) is 5.82 Å². The van der Waals surface area contributed by atoms with E-state index in [1.165, 1.54) is 12.1 Å². The molecular formula is C16H26FNO2. The van der Waals surface area contributed by atoms with Crippen LogP contribution in [-0.2, 0) is 6.54 Å². The first-order valence-corrected chi connectivity index (χ1v) is 7.26. The zero-order valence-corrected chi connectivity index (χ0v) is 12.9. The zero-order chi connectivity index (χ0) is 15.2. The Hall–Kier alpha value is -1.13. The molecule has 0 aliphatic carbocycles. The van der Waals surface area contributed by atoms with Gasteiger partial charge in [0.05, 0.1) is 5.60 Å². The van der Waals surface area contributed by atoms with Crippen LogP contribution in [0.4, 0.5) is 4.39 Å². The smallest absolute Gasteiger partial charge is 0.127 e. The van der Waals surface area contributed by atoms with Gasteiger partial charge in [0.15, 0.2) is 0 Å². The Morgan fingerprint density at radius 3 is 2.45 bits per heavy atom. The van der Waals surface area contributed by atoms with Crippen molar-refractivity contribution < 1.29 is 14.2 Å². The van der Waals surface area contributed by atoms with Crippen LogP contribution in [0.3, 0.4) is 0 Å². The molecule has 0 unspecified atom stereocenters. The summed E-state index contributed by atoms with van der Waals surface area (Å²) in [7, 11) is 0. The molecule has 0 aromatic heterocycles. The van der Waals surface area contributed by atoms with Gasteiger partial charge in [-0.1, -0.05) is 27.7 Å². The van der Waals surface area contributed by atoms with Gasteiger partial charge in [-0.05, 0) is 30.5 Å². The lowest BCUT2D eigenvalue weighted by molar-refractivity contribution is -0.0114. The molecule has 1 rings (SSSR count). The number of rotatable bonds is 8.